The van der Waals surface area contributed by atoms with Crippen LogP contribution >= 0.6 is 23.2 Å². The largest absolute Gasteiger partial charge is 0.330 e. The van der Waals surface area contributed by atoms with Crippen molar-refractivity contribution in [3.8, 4) is 6.07 Å². The van der Waals surface area contributed by atoms with Gasteiger partial charge in [0.05, 0.1) is 33.8 Å². The Morgan fingerprint density at radius 2 is 1.91 bits per heavy atom. The molecule has 1 N–H and O–H groups in total. The Hall–Kier alpha value is -2.64. The number of likely N-dealkylation sites (N-methyl/N-ethyl adjacent to an activating group) is 1. The van der Waals surface area contributed by atoms with Crippen LogP contribution in [-0.2, 0) is 19.6 Å². The van der Waals surface area contributed by atoms with E-state index in [0.29, 0.717) is 35.7 Å². The van der Waals surface area contributed by atoms with Crippen LogP contribution in [0.1, 0.15) is 18.4 Å². The van der Waals surface area contributed by atoms with Crippen LogP contribution < -0.4 is 5.32 Å². The van der Waals surface area contributed by atoms with Gasteiger partial charge in [0, 0.05) is 18.6 Å². The Morgan fingerprint density at radius 3 is 2.53 bits per heavy atom. The van der Waals surface area contributed by atoms with E-state index in [1.54, 1.807) is 12.1 Å². The first-order valence-corrected chi connectivity index (χ1v) is 11.8. The van der Waals surface area contributed by atoms with Gasteiger partial charge in [0.25, 0.3) is 0 Å². The molecule has 1 aliphatic heterocycles. The second kappa shape index (κ2) is 9.88. The van der Waals surface area contributed by atoms with Gasteiger partial charge in [-0.1, -0.05) is 23.2 Å². The number of carbonyl (C=O) groups excluding carboxylic acids is 2. The van der Waals surface area contributed by atoms with Crippen molar-refractivity contribution in [1.82, 2.24) is 9.21 Å². The molecular formula is C21H20Cl2N4O4S. The van der Waals surface area contributed by atoms with Crippen LogP contribution in [0.4, 0.5) is 5.69 Å². The van der Waals surface area contributed by atoms with Gasteiger partial charge in [-0.3, -0.25) is 9.59 Å². The number of halogens is 2. The smallest absolute Gasteiger partial charge is 0.247 e. The standard InChI is InChI=1S/C21H20Cl2N4O4S/c1-26(32(30,31)16-7-4-14(12-24)5-8-16)13-20(28)27-10-2-3-19(27)21(29)25-18-9-6-15(22)11-17(18)23/h4-9,11,19H,2-3,10,13H2,1H3,(H,25,29). The number of nitriles is 1. The van der Waals surface area contributed by atoms with Crippen LogP contribution in [-0.4, -0.2) is 55.6 Å². The average molecular weight is 495 g/mol. The number of benzene rings is 2. The minimum absolute atomic E-state index is 0.0279. The van der Waals surface area contributed by atoms with Crippen molar-refractivity contribution in [2.45, 2.75) is 23.8 Å². The van der Waals surface area contributed by atoms with Crippen molar-refractivity contribution in [3.63, 3.8) is 0 Å². The summed E-state index contributed by atoms with van der Waals surface area (Å²) in [5.41, 5.74) is 0.704. The molecule has 2 aromatic carbocycles. The van der Waals surface area contributed by atoms with Crippen molar-refractivity contribution in [1.29, 1.82) is 5.26 Å². The number of hydrogen-bond donors (Lipinski definition) is 1. The fourth-order valence-electron chi connectivity index (χ4n) is 3.39. The maximum atomic E-state index is 12.9. The molecule has 32 heavy (non-hydrogen) atoms. The maximum absolute atomic E-state index is 12.9. The predicted octanol–water partition coefficient (Wildman–Crippen LogP) is 3.12. The second-order valence-electron chi connectivity index (χ2n) is 7.26. The van der Waals surface area contributed by atoms with E-state index in [-0.39, 0.29) is 9.92 Å². The third-order valence-corrected chi connectivity index (χ3v) is 7.48. The average Bonchev–Trinajstić information content (AvgIpc) is 3.26. The van der Waals surface area contributed by atoms with E-state index in [1.807, 2.05) is 6.07 Å². The van der Waals surface area contributed by atoms with Gasteiger partial charge >= 0.3 is 0 Å². The van der Waals surface area contributed by atoms with E-state index in [1.165, 1.54) is 42.3 Å². The van der Waals surface area contributed by atoms with E-state index in [4.69, 9.17) is 28.5 Å². The number of carbonyl (C=O) groups is 2. The molecule has 1 aliphatic rings. The van der Waals surface area contributed by atoms with Crippen LogP contribution in [0.25, 0.3) is 0 Å². The summed E-state index contributed by atoms with van der Waals surface area (Å²) in [5, 5.41) is 12.3. The predicted molar refractivity (Wildman–Crippen MR) is 121 cm³/mol. The number of nitrogens with one attached hydrogen (secondary N) is 1. The lowest BCUT2D eigenvalue weighted by Gasteiger charge is -2.26. The number of anilines is 1. The first-order valence-electron chi connectivity index (χ1n) is 9.65. The van der Waals surface area contributed by atoms with Crippen LogP contribution in [0.2, 0.25) is 10.0 Å². The summed E-state index contributed by atoms with van der Waals surface area (Å²) in [6, 6.07) is 11.3. The molecule has 0 spiro atoms. The highest BCUT2D eigenvalue weighted by molar-refractivity contribution is 7.89. The first-order chi connectivity index (χ1) is 15.1. The monoisotopic (exact) mass is 494 g/mol. The van der Waals surface area contributed by atoms with Gasteiger partial charge in [0.1, 0.15) is 6.04 Å². The fourth-order valence-corrected chi connectivity index (χ4v) is 4.97. The molecule has 0 aliphatic carbocycles. The Kier molecular flexibility index (Phi) is 7.41. The summed E-state index contributed by atoms with van der Waals surface area (Å²) in [6.07, 6.45) is 1.07. The van der Waals surface area contributed by atoms with E-state index in [2.05, 4.69) is 5.32 Å². The highest BCUT2D eigenvalue weighted by atomic mass is 35.5. The van der Waals surface area contributed by atoms with Gasteiger partial charge < -0.3 is 10.2 Å². The molecule has 0 radical (unpaired) electrons. The molecule has 8 nitrogen and oxygen atoms in total. The fraction of sp³-hybridized carbons (Fsp3) is 0.286. The molecule has 0 saturated carbocycles. The van der Waals surface area contributed by atoms with Gasteiger partial charge in [0.2, 0.25) is 21.8 Å². The molecule has 1 heterocycles. The Balaban J connectivity index is 1.69. The highest BCUT2D eigenvalue weighted by Crippen LogP contribution is 2.27. The maximum Gasteiger partial charge on any atom is 0.247 e. The molecule has 1 saturated heterocycles. The molecule has 1 unspecified atom stereocenters. The number of hydrogen-bond acceptors (Lipinski definition) is 5. The Labute approximate surface area is 196 Å². The lowest BCUT2D eigenvalue weighted by atomic mass is 10.2. The Bertz CT molecular complexity index is 1180. The van der Waals surface area contributed by atoms with Gasteiger partial charge in [-0.05, 0) is 55.3 Å². The zero-order valence-electron chi connectivity index (χ0n) is 17.1. The third kappa shape index (κ3) is 5.22. The minimum Gasteiger partial charge on any atom is -0.330 e. The third-order valence-electron chi connectivity index (χ3n) is 5.11. The van der Waals surface area contributed by atoms with Crippen LogP contribution in [0.15, 0.2) is 47.4 Å². The lowest BCUT2D eigenvalue weighted by molar-refractivity contribution is -0.136. The summed E-state index contributed by atoms with van der Waals surface area (Å²) in [5.74, 6) is -0.887. The number of nitrogens with zero attached hydrogens (tertiary/aromatic N) is 3. The highest BCUT2D eigenvalue weighted by Gasteiger charge is 2.36. The Morgan fingerprint density at radius 1 is 1.22 bits per heavy atom. The number of likely N-dealkylation sites (tertiary alicyclic amines) is 1. The zero-order chi connectivity index (χ0) is 23.5. The number of amides is 2. The summed E-state index contributed by atoms with van der Waals surface area (Å²) >= 11 is 12.0. The molecule has 2 amide bonds. The molecule has 2 aromatic rings. The van der Waals surface area contributed by atoms with E-state index < -0.39 is 34.4 Å². The molecule has 1 fully saturated rings. The molecule has 3 rings (SSSR count). The normalized spacial score (nSPS) is 16.1. The van der Waals surface area contributed by atoms with Gasteiger partial charge in [-0.25, -0.2) is 8.42 Å². The SMILES string of the molecule is CN(CC(=O)N1CCCC1C(=O)Nc1ccc(Cl)cc1Cl)S(=O)(=O)c1ccc(C#N)cc1. The molecular weight excluding hydrogens is 475 g/mol. The van der Waals surface area contributed by atoms with E-state index in [0.717, 1.165) is 4.31 Å². The summed E-state index contributed by atoms with van der Waals surface area (Å²) in [7, 11) is -2.64. The zero-order valence-corrected chi connectivity index (χ0v) is 19.4. The number of sulfonamides is 1. The van der Waals surface area contributed by atoms with Gasteiger partial charge in [-0.2, -0.15) is 9.57 Å². The van der Waals surface area contributed by atoms with Gasteiger partial charge in [-0.15, -0.1) is 0 Å². The van der Waals surface area contributed by atoms with E-state index in [9.17, 15) is 18.0 Å². The summed E-state index contributed by atoms with van der Waals surface area (Å²) < 4.78 is 26.5. The van der Waals surface area contributed by atoms with Crippen molar-refractivity contribution in [2.75, 3.05) is 25.5 Å². The van der Waals surface area contributed by atoms with Gasteiger partial charge in [0.15, 0.2) is 0 Å². The van der Waals surface area contributed by atoms with Crippen molar-refractivity contribution in [3.05, 3.63) is 58.1 Å². The topological polar surface area (TPSA) is 111 Å². The second-order valence-corrected chi connectivity index (χ2v) is 10.1. The van der Waals surface area contributed by atoms with Crippen LogP contribution in [0.5, 0.6) is 0 Å². The summed E-state index contributed by atoms with van der Waals surface area (Å²) in [4.78, 5) is 27.0. The molecule has 0 aromatic heterocycles. The van der Waals surface area contributed by atoms with Crippen LogP contribution in [0, 0.1) is 11.3 Å². The van der Waals surface area contributed by atoms with Crippen molar-refractivity contribution < 1.29 is 18.0 Å². The van der Waals surface area contributed by atoms with Crippen molar-refractivity contribution in [2.24, 2.45) is 0 Å². The van der Waals surface area contributed by atoms with E-state index >= 15 is 0 Å². The molecule has 11 heteroatoms. The number of rotatable bonds is 6. The minimum atomic E-state index is -3.94. The molecule has 1 atom stereocenters. The lowest BCUT2D eigenvalue weighted by Crippen LogP contribution is -2.47. The summed E-state index contributed by atoms with van der Waals surface area (Å²) in [6.45, 7) is -0.0795. The quantitative estimate of drug-likeness (QED) is 0.662. The first kappa shape index (κ1) is 24.0. The van der Waals surface area contributed by atoms with Crippen molar-refractivity contribution >= 4 is 50.7 Å². The molecule has 168 valence electrons. The van der Waals surface area contributed by atoms with Crippen LogP contribution in [0.3, 0.4) is 0 Å². The molecule has 0 bridgehead atoms.